The first-order valence-electron chi connectivity index (χ1n) is 12.0. The summed E-state index contributed by atoms with van der Waals surface area (Å²) in [6, 6.07) is 10.2. The summed E-state index contributed by atoms with van der Waals surface area (Å²) in [7, 11) is -4.53. The van der Waals surface area contributed by atoms with E-state index in [9.17, 15) is 23.4 Å². The molecule has 0 bridgehead atoms. The number of hydrogen-bond donors (Lipinski definition) is 4. The number of aromatic nitrogens is 2. The Bertz CT molecular complexity index is 1200. The first-order chi connectivity index (χ1) is 16.9. The Morgan fingerprint density at radius 1 is 1.17 bits per heavy atom. The van der Waals surface area contributed by atoms with Crippen LogP contribution in [0.3, 0.4) is 0 Å². The second-order valence-electron chi connectivity index (χ2n) is 10.3. The molecule has 2 aliphatic rings. The third-order valence-corrected chi connectivity index (χ3v) is 8.15. The van der Waals surface area contributed by atoms with Crippen LogP contribution in [0, 0.1) is 5.92 Å². The second kappa shape index (κ2) is 10.2. The van der Waals surface area contributed by atoms with Gasteiger partial charge in [-0.2, -0.15) is 12.7 Å². The van der Waals surface area contributed by atoms with Crippen LogP contribution in [0.2, 0.25) is 0 Å². The van der Waals surface area contributed by atoms with Crippen LogP contribution in [0.5, 0.6) is 0 Å². The fraction of sp³-hybridized carbons (Fsp3) is 0.542. The molecule has 36 heavy (non-hydrogen) atoms. The third-order valence-electron chi connectivity index (χ3n) is 6.57. The molecule has 2 aromatic rings. The number of nitrogens with one attached hydrogen (secondary N) is 2. The molecule has 4 atom stereocenters. The maximum atomic E-state index is 12.5. The van der Waals surface area contributed by atoms with Crippen LogP contribution in [-0.2, 0) is 20.9 Å². The van der Waals surface area contributed by atoms with Gasteiger partial charge in [0.25, 0.3) is 0 Å². The molecule has 2 aliphatic carbocycles. The molecule has 0 unspecified atom stereocenters. The number of carboxylic acid groups (broad SMARTS) is 1. The van der Waals surface area contributed by atoms with Gasteiger partial charge in [-0.1, -0.05) is 24.3 Å². The SMILES string of the molecule is CC(C)(C)N(C(=O)O)S(=O)(=O)OC[C@H]1C[C@@H](Nc2cc(N[C@H]3CCc4ccccc43)ncn2)C[C@@H]1O. The molecule has 1 aromatic heterocycles. The van der Waals surface area contributed by atoms with Crippen LogP contribution in [0.25, 0.3) is 0 Å². The zero-order valence-electron chi connectivity index (χ0n) is 20.6. The number of aliphatic hydroxyl groups excluding tert-OH is 1. The van der Waals surface area contributed by atoms with E-state index in [-0.39, 0.29) is 23.0 Å². The number of aryl methyl sites for hydroxylation is 1. The van der Waals surface area contributed by atoms with Crippen LogP contribution in [0.1, 0.15) is 57.2 Å². The van der Waals surface area contributed by atoms with Crippen molar-refractivity contribution in [2.75, 3.05) is 17.2 Å². The van der Waals surface area contributed by atoms with E-state index < -0.39 is 34.0 Å². The number of hydrogen-bond acceptors (Lipinski definition) is 9. The van der Waals surface area contributed by atoms with E-state index in [1.54, 1.807) is 0 Å². The van der Waals surface area contributed by atoms with Crippen LogP contribution in [0.4, 0.5) is 16.4 Å². The van der Waals surface area contributed by atoms with Crippen LogP contribution in [0.15, 0.2) is 36.7 Å². The molecular weight excluding hydrogens is 486 g/mol. The largest absolute Gasteiger partial charge is 0.464 e. The number of aliphatic hydroxyl groups is 1. The van der Waals surface area contributed by atoms with E-state index >= 15 is 0 Å². The van der Waals surface area contributed by atoms with Gasteiger partial charge in [0.05, 0.1) is 24.3 Å². The summed E-state index contributed by atoms with van der Waals surface area (Å²) in [5.74, 6) is 0.798. The van der Waals surface area contributed by atoms with E-state index in [4.69, 9.17) is 4.18 Å². The first-order valence-corrected chi connectivity index (χ1v) is 13.3. The van der Waals surface area contributed by atoms with E-state index in [1.807, 2.05) is 18.2 Å². The lowest BCUT2D eigenvalue weighted by Crippen LogP contribution is -2.49. The van der Waals surface area contributed by atoms with Crippen molar-refractivity contribution in [3.05, 3.63) is 47.8 Å². The number of nitrogens with zero attached hydrogens (tertiary/aromatic N) is 3. The van der Waals surface area contributed by atoms with Gasteiger partial charge in [0, 0.05) is 18.0 Å². The molecule has 0 aliphatic heterocycles. The molecular formula is C24H33N5O6S. The summed E-state index contributed by atoms with van der Waals surface area (Å²) >= 11 is 0. The topological polar surface area (TPSA) is 154 Å². The minimum Gasteiger partial charge on any atom is -0.464 e. The summed E-state index contributed by atoms with van der Waals surface area (Å²) in [5.41, 5.74) is 1.41. The van der Waals surface area contributed by atoms with Gasteiger partial charge in [0.2, 0.25) is 0 Å². The molecule has 0 saturated heterocycles. The van der Waals surface area contributed by atoms with Gasteiger partial charge in [0.15, 0.2) is 0 Å². The van der Waals surface area contributed by atoms with Gasteiger partial charge in [-0.15, -0.1) is 0 Å². The summed E-state index contributed by atoms with van der Waals surface area (Å²) in [6.07, 6.45) is 1.85. The average Bonchev–Trinajstić information content (AvgIpc) is 3.34. The maximum Gasteiger partial charge on any atom is 0.423 e. The number of rotatable bonds is 8. The highest BCUT2D eigenvalue weighted by Gasteiger charge is 2.40. The Labute approximate surface area is 211 Å². The van der Waals surface area contributed by atoms with E-state index in [0.29, 0.717) is 24.5 Å². The third kappa shape index (κ3) is 5.88. The van der Waals surface area contributed by atoms with Crippen molar-refractivity contribution in [3.8, 4) is 0 Å². The Hall–Kier alpha value is -2.96. The van der Waals surface area contributed by atoms with E-state index in [0.717, 1.165) is 12.8 Å². The number of carbonyl (C=O) groups is 1. The fourth-order valence-corrected chi connectivity index (χ4v) is 6.27. The Morgan fingerprint density at radius 2 is 1.86 bits per heavy atom. The molecule has 196 valence electrons. The molecule has 4 rings (SSSR count). The Kier molecular flexibility index (Phi) is 7.39. The van der Waals surface area contributed by atoms with Gasteiger partial charge in [-0.25, -0.2) is 14.8 Å². The lowest BCUT2D eigenvalue weighted by atomic mass is 10.1. The van der Waals surface area contributed by atoms with Crippen LogP contribution >= 0.6 is 0 Å². The molecule has 1 heterocycles. The molecule has 12 heteroatoms. The Morgan fingerprint density at radius 3 is 2.56 bits per heavy atom. The van der Waals surface area contributed by atoms with Crippen LogP contribution in [-0.4, -0.2) is 63.3 Å². The van der Waals surface area contributed by atoms with Crippen molar-refractivity contribution in [3.63, 3.8) is 0 Å². The van der Waals surface area contributed by atoms with Crippen molar-refractivity contribution < 1.29 is 27.6 Å². The summed E-state index contributed by atoms with van der Waals surface area (Å²) in [5, 5.41) is 26.6. The lowest BCUT2D eigenvalue weighted by molar-refractivity contribution is 0.0919. The highest BCUT2D eigenvalue weighted by molar-refractivity contribution is 7.84. The quantitative estimate of drug-likeness (QED) is 0.409. The van der Waals surface area contributed by atoms with Gasteiger partial charge in [-0.05, 0) is 57.6 Å². The molecule has 1 saturated carbocycles. The number of amides is 1. The van der Waals surface area contributed by atoms with E-state index in [2.05, 4.69) is 32.7 Å². The summed E-state index contributed by atoms with van der Waals surface area (Å²) in [6.45, 7) is 4.06. The zero-order valence-corrected chi connectivity index (χ0v) is 21.4. The van der Waals surface area contributed by atoms with Crippen molar-refractivity contribution in [1.82, 2.24) is 14.3 Å². The Balaban J connectivity index is 1.34. The van der Waals surface area contributed by atoms with Gasteiger partial charge in [-0.3, -0.25) is 4.18 Å². The number of benzene rings is 1. The monoisotopic (exact) mass is 519 g/mol. The molecule has 0 radical (unpaired) electrons. The molecule has 1 fully saturated rings. The van der Waals surface area contributed by atoms with Gasteiger partial charge in [0.1, 0.15) is 18.0 Å². The van der Waals surface area contributed by atoms with Gasteiger partial charge < -0.3 is 20.8 Å². The second-order valence-corrected chi connectivity index (χ2v) is 11.8. The molecule has 4 N–H and O–H groups in total. The van der Waals surface area contributed by atoms with Crippen molar-refractivity contribution in [1.29, 1.82) is 0 Å². The number of fused-ring (bicyclic) bond motifs is 1. The molecule has 11 nitrogen and oxygen atoms in total. The molecule has 1 amide bonds. The standard InChI is InChI=1S/C24H33N5O6S/c1-24(2,3)29(23(31)32)36(33,34)35-13-16-10-17(11-20(16)30)27-21-12-22(26-14-25-21)28-19-9-8-15-6-4-5-7-18(15)19/h4-7,12,14,16-17,19-20,30H,8-11,13H2,1-3H3,(H,31,32)(H2,25,26,27,28)/t16-,17-,19+,20+/m1/s1. The normalized spacial score (nSPS) is 23.8. The first kappa shape index (κ1) is 26.1. The highest BCUT2D eigenvalue weighted by atomic mass is 32.2. The predicted octanol–water partition coefficient (Wildman–Crippen LogP) is 3.17. The smallest absolute Gasteiger partial charge is 0.423 e. The maximum absolute atomic E-state index is 12.5. The van der Waals surface area contributed by atoms with Crippen LogP contribution < -0.4 is 10.6 Å². The predicted molar refractivity (Wildman–Crippen MR) is 134 cm³/mol. The lowest BCUT2D eigenvalue weighted by Gasteiger charge is -2.31. The summed E-state index contributed by atoms with van der Waals surface area (Å²) < 4.78 is 30.4. The number of anilines is 2. The van der Waals surface area contributed by atoms with Crippen molar-refractivity contribution in [2.45, 2.75) is 70.2 Å². The van der Waals surface area contributed by atoms with Gasteiger partial charge >= 0.3 is 16.4 Å². The molecule has 1 aromatic carbocycles. The zero-order chi connectivity index (χ0) is 26.1. The molecule has 0 spiro atoms. The van der Waals surface area contributed by atoms with Crippen molar-refractivity contribution in [2.24, 2.45) is 5.92 Å². The average molecular weight is 520 g/mol. The van der Waals surface area contributed by atoms with Crippen molar-refractivity contribution >= 4 is 28.0 Å². The fourth-order valence-electron chi connectivity index (χ4n) is 4.95. The minimum atomic E-state index is -4.53. The summed E-state index contributed by atoms with van der Waals surface area (Å²) in [4.78, 5) is 20.1. The minimum absolute atomic E-state index is 0.163. The highest BCUT2D eigenvalue weighted by Crippen LogP contribution is 2.34. The van der Waals surface area contributed by atoms with E-state index in [1.165, 1.54) is 38.2 Å².